The van der Waals surface area contributed by atoms with Gasteiger partial charge in [-0.2, -0.15) is 0 Å². The molecule has 0 bridgehead atoms. The van der Waals surface area contributed by atoms with Gasteiger partial charge in [0, 0.05) is 31.2 Å². The van der Waals surface area contributed by atoms with Gasteiger partial charge in [-0.1, -0.05) is 56.5 Å². The normalized spacial score (nSPS) is 25.6. The third-order valence-electron chi connectivity index (χ3n) is 4.52. The molecule has 3 unspecified atom stereocenters. The van der Waals surface area contributed by atoms with Crippen molar-refractivity contribution in [3.63, 3.8) is 0 Å². The largest absolute Gasteiger partial charge is 0.311 e. The molecule has 3 atom stereocenters. The summed E-state index contributed by atoms with van der Waals surface area (Å²) in [6.07, 6.45) is 5.36. The Balaban J connectivity index is 2.04. The molecule has 1 aromatic carbocycles. The van der Waals surface area contributed by atoms with Gasteiger partial charge in [0.25, 0.3) is 0 Å². The van der Waals surface area contributed by atoms with Gasteiger partial charge < -0.3 is 5.32 Å². The van der Waals surface area contributed by atoms with E-state index in [1.807, 2.05) is 0 Å². The zero-order valence-corrected chi connectivity index (χ0v) is 13.3. The van der Waals surface area contributed by atoms with Crippen LogP contribution in [0.2, 0.25) is 0 Å². The molecule has 2 nitrogen and oxygen atoms in total. The average Bonchev–Trinajstić information content (AvgIpc) is 2.48. The molecule has 1 aliphatic heterocycles. The smallest absolute Gasteiger partial charge is 0.0476 e. The molecule has 0 saturated carbocycles. The number of nitrogens with zero attached hydrogens (tertiary/aromatic N) is 1. The first-order chi connectivity index (χ1) is 9.72. The van der Waals surface area contributed by atoms with Crippen molar-refractivity contribution in [2.24, 2.45) is 0 Å². The first-order valence-corrected chi connectivity index (χ1v) is 8.26. The number of hydrogen-bond donors (Lipinski definition) is 1. The molecule has 1 fully saturated rings. The van der Waals surface area contributed by atoms with Crippen LogP contribution < -0.4 is 5.32 Å². The number of hydrogen-bond acceptors (Lipinski definition) is 2. The molecule has 1 N–H and O–H groups in total. The van der Waals surface area contributed by atoms with Crippen LogP contribution in [0.5, 0.6) is 0 Å². The molecule has 2 heteroatoms. The lowest BCUT2D eigenvalue weighted by Gasteiger charge is -2.43. The zero-order chi connectivity index (χ0) is 14.4. The fourth-order valence-electron chi connectivity index (χ4n) is 3.27. The summed E-state index contributed by atoms with van der Waals surface area (Å²) in [5, 5.41) is 3.64. The maximum atomic E-state index is 3.64. The monoisotopic (exact) mass is 274 g/mol. The molecule has 1 heterocycles. The summed E-state index contributed by atoms with van der Waals surface area (Å²) in [7, 11) is 0. The van der Waals surface area contributed by atoms with E-state index < -0.39 is 0 Å². The van der Waals surface area contributed by atoms with E-state index in [9.17, 15) is 0 Å². The minimum absolute atomic E-state index is 0.532. The summed E-state index contributed by atoms with van der Waals surface area (Å²) in [5.41, 5.74) is 1.45. The van der Waals surface area contributed by atoms with Gasteiger partial charge in [0.2, 0.25) is 0 Å². The van der Waals surface area contributed by atoms with Crippen molar-refractivity contribution in [3.8, 4) is 0 Å². The first kappa shape index (κ1) is 15.5. The minimum Gasteiger partial charge on any atom is -0.311 e. The second-order valence-electron chi connectivity index (χ2n) is 6.28. The molecule has 112 valence electrons. The fourth-order valence-corrected chi connectivity index (χ4v) is 3.27. The summed E-state index contributed by atoms with van der Waals surface area (Å²) >= 11 is 0. The van der Waals surface area contributed by atoms with Crippen LogP contribution in [0.25, 0.3) is 0 Å². The molecule has 0 amide bonds. The number of unbranched alkanes of at least 4 members (excludes halogenated alkanes) is 2. The van der Waals surface area contributed by atoms with Gasteiger partial charge in [-0.05, 0) is 25.8 Å². The first-order valence-electron chi connectivity index (χ1n) is 8.26. The standard InChI is InChI=1S/C18H30N2/c1-4-5-7-10-16(3)20-14-15(2)19-13-18(20)17-11-8-6-9-12-17/h6,8-9,11-12,15-16,18-19H,4-5,7,10,13-14H2,1-3H3. The molecule has 0 aliphatic carbocycles. The lowest BCUT2D eigenvalue weighted by Crippen LogP contribution is -2.53. The molecule has 0 spiro atoms. The van der Waals surface area contributed by atoms with Crippen molar-refractivity contribution in [2.45, 2.75) is 64.6 Å². The van der Waals surface area contributed by atoms with E-state index in [2.05, 4.69) is 61.3 Å². The van der Waals surface area contributed by atoms with Crippen molar-refractivity contribution in [3.05, 3.63) is 35.9 Å². The van der Waals surface area contributed by atoms with E-state index in [-0.39, 0.29) is 0 Å². The second kappa shape index (κ2) is 7.80. The van der Waals surface area contributed by atoms with Gasteiger partial charge in [-0.3, -0.25) is 4.90 Å². The third kappa shape index (κ3) is 4.07. The molecule has 1 aliphatic rings. The van der Waals surface area contributed by atoms with E-state index in [1.165, 1.54) is 31.2 Å². The average molecular weight is 274 g/mol. The Bertz CT molecular complexity index is 376. The van der Waals surface area contributed by atoms with Crippen molar-refractivity contribution >= 4 is 0 Å². The van der Waals surface area contributed by atoms with Crippen molar-refractivity contribution in [1.29, 1.82) is 0 Å². The van der Waals surface area contributed by atoms with Gasteiger partial charge in [0.1, 0.15) is 0 Å². The summed E-state index contributed by atoms with van der Waals surface area (Å²) < 4.78 is 0. The van der Waals surface area contributed by atoms with E-state index in [1.54, 1.807) is 0 Å². The molecular formula is C18H30N2. The highest BCUT2D eigenvalue weighted by Gasteiger charge is 2.29. The van der Waals surface area contributed by atoms with E-state index in [4.69, 9.17) is 0 Å². The summed E-state index contributed by atoms with van der Waals surface area (Å²) in [6, 6.07) is 12.8. The van der Waals surface area contributed by atoms with Crippen LogP contribution in [0.15, 0.2) is 30.3 Å². The SMILES string of the molecule is CCCCCC(C)N1CC(C)NCC1c1ccccc1. The van der Waals surface area contributed by atoms with Crippen LogP contribution >= 0.6 is 0 Å². The fraction of sp³-hybridized carbons (Fsp3) is 0.667. The molecule has 0 radical (unpaired) electrons. The van der Waals surface area contributed by atoms with Gasteiger partial charge in [-0.15, -0.1) is 0 Å². The predicted octanol–water partition coefficient (Wildman–Crippen LogP) is 3.99. The lowest BCUT2D eigenvalue weighted by atomic mass is 9.97. The number of piperazine rings is 1. The third-order valence-corrected chi connectivity index (χ3v) is 4.52. The Morgan fingerprint density at radius 2 is 2.00 bits per heavy atom. The molecule has 2 rings (SSSR count). The van der Waals surface area contributed by atoms with Crippen LogP contribution in [0.1, 0.15) is 58.1 Å². The number of nitrogens with one attached hydrogen (secondary N) is 1. The molecule has 1 aromatic rings. The summed E-state index contributed by atoms with van der Waals surface area (Å²) in [6.45, 7) is 9.22. The van der Waals surface area contributed by atoms with Crippen LogP contribution in [0.3, 0.4) is 0 Å². The van der Waals surface area contributed by atoms with Crippen molar-refractivity contribution in [1.82, 2.24) is 10.2 Å². The summed E-state index contributed by atoms with van der Waals surface area (Å²) in [4.78, 5) is 2.71. The van der Waals surface area contributed by atoms with Gasteiger partial charge >= 0.3 is 0 Å². The van der Waals surface area contributed by atoms with Gasteiger partial charge in [-0.25, -0.2) is 0 Å². The minimum atomic E-state index is 0.532. The number of rotatable bonds is 6. The predicted molar refractivity (Wildman–Crippen MR) is 87.0 cm³/mol. The molecule has 20 heavy (non-hydrogen) atoms. The van der Waals surface area contributed by atoms with Crippen LogP contribution in [0, 0.1) is 0 Å². The molecular weight excluding hydrogens is 244 g/mol. The zero-order valence-electron chi connectivity index (χ0n) is 13.3. The highest BCUT2D eigenvalue weighted by Crippen LogP contribution is 2.27. The highest BCUT2D eigenvalue weighted by atomic mass is 15.2. The van der Waals surface area contributed by atoms with Crippen LogP contribution in [-0.4, -0.2) is 30.1 Å². The van der Waals surface area contributed by atoms with E-state index >= 15 is 0 Å². The maximum Gasteiger partial charge on any atom is 0.0476 e. The van der Waals surface area contributed by atoms with E-state index in [0.29, 0.717) is 18.1 Å². The van der Waals surface area contributed by atoms with Gasteiger partial charge in [0.15, 0.2) is 0 Å². The Morgan fingerprint density at radius 1 is 1.25 bits per heavy atom. The maximum absolute atomic E-state index is 3.64. The Morgan fingerprint density at radius 3 is 2.70 bits per heavy atom. The lowest BCUT2D eigenvalue weighted by molar-refractivity contribution is 0.0872. The topological polar surface area (TPSA) is 15.3 Å². The Hall–Kier alpha value is -0.860. The second-order valence-corrected chi connectivity index (χ2v) is 6.28. The summed E-state index contributed by atoms with van der Waals surface area (Å²) in [5.74, 6) is 0. The van der Waals surface area contributed by atoms with Gasteiger partial charge in [0.05, 0.1) is 0 Å². The Labute approximate surface area is 124 Å². The van der Waals surface area contributed by atoms with Crippen LogP contribution in [0.4, 0.5) is 0 Å². The highest BCUT2D eigenvalue weighted by molar-refractivity contribution is 5.20. The van der Waals surface area contributed by atoms with Crippen molar-refractivity contribution < 1.29 is 0 Å². The molecule has 0 aromatic heterocycles. The van der Waals surface area contributed by atoms with Crippen molar-refractivity contribution in [2.75, 3.05) is 13.1 Å². The Kier molecular flexibility index (Phi) is 6.06. The molecule has 1 saturated heterocycles. The quantitative estimate of drug-likeness (QED) is 0.789. The van der Waals surface area contributed by atoms with Crippen LogP contribution in [-0.2, 0) is 0 Å². The van der Waals surface area contributed by atoms with E-state index in [0.717, 1.165) is 13.1 Å². The number of benzene rings is 1.